The number of likely N-dealkylation sites (N-methyl/N-ethyl adjacent to an activating group) is 1. The van der Waals surface area contributed by atoms with Gasteiger partial charge in [-0.3, -0.25) is 9.89 Å². The number of thiophene rings is 1. The third kappa shape index (κ3) is 4.36. The van der Waals surface area contributed by atoms with Gasteiger partial charge in [-0.1, -0.05) is 11.6 Å². The van der Waals surface area contributed by atoms with Gasteiger partial charge in [-0.25, -0.2) is 4.39 Å². The molecule has 2 unspecified atom stereocenters. The number of rotatable bonds is 4. The van der Waals surface area contributed by atoms with E-state index in [9.17, 15) is 17.6 Å². The van der Waals surface area contributed by atoms with Crippen molar-refractivity contribution >= 4 is 57.0 Å². The first-order valence-electron chi connectivity index (χ1n) is 9.29. The van der Waals surface area contributed by atoms with Crippen molar-refractivity contribution in [3.63, 3.8) is 0 Å². The SMILES string of the molecule is CN1C(C(=O)Nc2ccc(F)c(Cl)c2)CC(c2ccc(-c3n[nH]c(=S)n3C)s2)NS1(=O)=O. The number of hydrogen-bond donors (Lipinski definition) is 3. The lowest BCUT2D eigenvalue weighted by Gasteiger charge is -2.35. The van der Waals surface area contributed by atoms with Crippen LogP contribution in [0.5, 0.6) is 0 Å². The summed E-state index contributed by atoms with van der Waals surface area (Å²) in [6, 6.07) is 5.77. The van der Waals surface area contributed by atoms with E-state index in [1.807, 2.05) is 6.07 Å². The second kappa shape index (κ2) is 8.65. The summed E-state index contributed by atoms with van der Waals surface area (Å²) in [5.41, 5.74) is 0.270. The molecule has 1 saturated heterocycles. The standard InChI is InChI=1S/C18H18ClFN6O3S3/c1-25-16(22-23-18(25)30)15-6-5-14(31-15)12-8-13(26(2)32(28,29)24-12)17(27)21-9-3-4-11(20)10(19)7-9/h3-7,12-13,24H,8H2,1-2H3,(H,21,27)(H,23,30). The minimum absolute atomic E-state index is 0.146. The fourth-order valence-electron chi connectivity index (χ4n) is 3.32. The van der Waals surface area contributed by atoms with Crippen molar-refractivity contribution in [2.75, 3.05) is 12.4 Å². The fourth-order valence-corrected chi connectivity index (χ4v) is 6.07. The summed E-state index contributed by atoms with van der Waals surface area (Å²) >= 11 is 12.3. The first-order valence-corrected chi connectivity index (χ1v) is 12.3. The molecule has 1 aliphatic rings. The first-order chi connectivity index (χ1) is 15.1. The van der Waals surface area contributed by atoms with Crippen molar-refractivity contribution in [3.8, 4) is 10.7 Å². The van der Waals surface area contributed by atoms with E-state index in [4.69, 9.17) is 23.8 Å². The first kappa shape index (κ1) is 23.0. The van der Waals surface area contributed by atoms with Crippen LogP contribution in [0.4, 0.5) is 10.1 Å². The molecule has 0 saturated carbocycles. The summed E-state index contributed by atoms with van der Waals surface area (Å²) in [7, 11) is -0.813. The van der Waals surface area contributed by atoms with E-state index in [2.05, 4.69) is 20.2 Å². The van der Waals surface area contributed by atoms with E-state index in [-0.39, 0.29) is 17.1 Å². The quantitative estimate of drug-likeness (QED) is 0.461. The molecule has 14 heteroatoms. The Hall–Kier alpha value is -2.16. The van der Waals surface area contributed by atoms with Crippen LogP contribution >= 0.6 is 35.2 Å². The second-order valence-electron chi connectivity index (χ2n) is 7.17. The molecule has 32 heavy (non-hydrogen) atoms. The van der Waals surface area contributed by atoms with Crippen LogP contribution in [0, 0.1) is 10.6 Å². The van der Waals surface area contributed by atoms with Crippen LogP contribution in [-0.4, -0.2) is 46.5 Å². The number of nitrogens with one attached hydrogen (secondary N) is 3. The molecule has 1 aromatic carbocycles. The number of nitrogens with zero attached hydrogens (tertiary/aromatic N) is 3. The molecule has 0 bridgehead atoms. The lowest BCUT2D eigenvalue weighted by atomic mass is 10.1. The van der Waals surface area contributed by atoms with Crippen molar-refractivity contribution in [2.24, 2.45) is 7.05 Å². The van der Waals surface area contributed by atoms with Crippen molar-refractivity contribution < 1.29 is 17.6 Å². The van der Waals surface area contributed by atoms with E-state index in [1.165, 1.54) is 30.5 Å². The Bertz CT molecular complexity index is 1350. The topological polar surface area (TPSA) is 112 Å². The highest BCUT2D eigenvalue weighted by Crippen LogP contribution is 2.35. The average Bonchev–Trinajstić information content (AvgIpc) is 3.34. The van der Waals surface area contributed by atoms with Crippen LogP contribution in [-0.2, 0) is 22.1 Å². The lowest BCUT2D eigenvalue weighted by molar-refractivity contribution is -0.120. The highest BCUT2D eigenvalue weighted by atomic mass is 35.5. The molecule has 2 atom stereocenters. The van der Waals surface area contributed by atoms with Crippen molar-refractivity contribution in [1.82, 2.24) is 23.8 Å². The van der Waals surface area contributed by atoms with Gasteiger partial charge in [-0.2, -0.15) is 22.5 Å². The van der Waals surface area contributed by atoms with E-state index >= 15 is 0 Å². The zero-order chi connectivity index (χ0) is 23.2. The Morgan fingerprint density at radius 2 is 2.09 bits per heavy atom. The molecule has 1 aliphatic heterocycles. The monoisotopic (exact) mass is 516 g/mol. The Labute approximate surface area is 197 Å². The minimum atomic E-state index is -3.92. The summed E-state index contributed by atoms with van der Waals surface area (Å²) in [5.74, 6) is -0.533. The van der Waals surface area contributed by atoms with E-state index in [0.29, 0.717) is 10.6 Å². The second-order valence-corrected chi connectivity index (χ2v) is 10.8. The third-order valence-corrected chi connectivity index (χ3v) is 8.57. The van der Waals surface area contributed by atoms with Crippen LogP contribution in [0.3, 0.4) is 0 Å². The van der Waals surface area contributed by atoms with Gasteiger partial charge in [0.2, 0.25) is 5.91 Å². The maximum Gasteiger partial charge on any atom is 0.280 e. The number of hydrogen-bond acceptors (Lipinski definition) is 6. The van der Waals surface area contributed by atoms with E-state index in [1.54, 1.807) is 17.7 Å². The fraction of sp³-hybridized carbons (Fsp3) is 0.278. The predicted octanol–water partition coefficient (Wildman–Crippen LogP) is 3.22. The number of carbonyl (C=O) groups excluding carboxylic acids is 1. The predicted molar refractivity (Wildman–Crippen MR) is 123 cm³/mol. The van der Waals surface area contributed by atoms with Crippen LogP contribution in [0.25, 0.3) is 10.7 Å². The molecular formula is C18H18ClFN6O3S3. The van der Waals surface area contributed by atoms with Gasteiger partial charge >= 0.3 is 0 Å². The van der Waals surface area contributed by atoms with Gasteiger partial charge in [0.05, 0.1) is 15.9 Å². The van der Waals surface area contributed by atoms with Gasteiger partial charge in [0.25, 0.3) is 10.2 Å². The minimum Gasteiger partial charge on any atom is -0.325 e. The number of anilines is 1. The largest absolute Gasteiger partial charge is 0.325 e. The molecule has 0 radical (unpaired) electrons. The van der Waals surface area contributed by atoms with Crippen LogP contribution < -0.4 is 10.0 Å². The average molecular weight is 517 g/mol. The number of benzene rings is 1. The smallest absolute Gasteiger partial charge is 0.280 e. The molecular weight excluding hydrogens is 499 g/mol. The van der Waals surface area contributed by atoms with Gasteiger partial charge in [-0.05, 0) is 49.0 Å². The van der Waals surface area contributed by atoms with Gasteiger partial charge in [-0.15, -0.1) is 11.3 Å². The van der Waals surface area contributed by atoms with Crippen molar-refractivity contribution in [2.45, 2.75) is 18.5 Å². The number of halogens is 2. The summed E-state index contributed by atoms with van der Waals surface area (Å²) in [6.45, 7) is 0. The number of aromatic amines is 1. The summed E-state index contributed by atoms with van der Waals surface area (Å²) in [4.78, 5) is 14.4. The molecule has 3 N–H and O–H groups in total. The molecule has 3 heterocycles. The molecule has 1 fully saturated rings. The Kier molecular flexibility index (Phi) is 6.22. The van der Waals surface area contributed by atoms with Gasteiger partial charge < -0.3 is 9.88 Å². The van der Waals surface area contributed by atoms with E-state index < -0.39 is 34.0 Å². The summed E-state index contributed by atoms with van der Waals surface area (Å²) in [6.07, 6.45) is 0.190. The molecule has 4 rings (SSSR count). The lowest BCUT2D eigenvalue weighted by Crippen LogP contribution is -2.55. The zero-order valence-electron chi connectivity index (χ0n) is 16.8. The van der Waals surface area contributed by atoms with Gasteiger partial charge in [0, 0.05) is 24.7 Å². The molecule has 170 valence electrons. The number of aromatic nitrogens is 3. The molecule has 2 aromatic heterocycles. The van der Waals surface area contributed by atoms with Crippen LogP contribution in [0.1, 0.15) is 17.3 Å². The Morgan fingerprint density at radius 3 is 2.75 bits per heavy atom. The normalized spacial score (nSPS) is 20.9. The molecule has 0 spiro atoms. The molecule has 3 aromatic rings. The van der Waals surface area contributed by atoms with Crippen molar-refractivity contribution in [3.05, 3.63) is 50.8 Å². The van der Waals surface area contributed by atoms with Crippen LogP contribution in [0.15, 0.2) is 30.3 Å². The van der Waals surface area contributed by atoms with Crippen molar-refractivity contribution in [1.29, 1.82) is 0 Å². The summed E-state index contributed by atoms with van der Waals surface area (Å²) < 4.78 is 44.6. The Balaban J connectivity index is 1.59. The molecule has 1 amide bonds. The number of amides is 1. The zero-order valence-corrected chi connectivity index (χ0v) is 20.0. The number of carbonyl (C=O) groups is 1. The molecule has 0 aliphatic carbocycles. The molecule has 9 nitrogen and oxygen atoms in total. The summed E-state index contributed by atoms with van der Waals surface area (Å²) in [5, 5.41) is 9.37. The van der Waals surface area contributed by atoms with E-state index in [0.717, 1.165) is 20.1 Å². The number of H-pyrrole nitrogens is 1. The van der Waals surface area contributed by atoms with Crippen LogP contribution in [0.2, 0.25) is 5.02 Å². The third-order valence-electron chi connectivity index (χ3n) is 5.13. The highest BCUT2D eigenvalue weighted by molar-refractivity contribution is 7.87. The maximum absolute atomic E-state index is 13.4. The van der Waals surface area contributed by atoms with Gasteiger partial charge in [0.1, 0.15) is 11.9 Å². The van der Waals surface area contributed by atoms with Gasteiger partial charge in [0.15, 0.2) is 10.6 Å². The highest BCUT2D eigenvalue weighted by Gasteiger charge is 2.41. The Morgan fingerprint density at radius 1 is 1.34 bits per heavy atom. The maximum atomic E-state index is 13.4.